The van der Waals surface area contributed by atoms with Crippen LogP contribution in [-0.4, -0.2) is 116 Å². The van der Waals surface area contributed by atoms with Crippen LogP contribution >= 0.6 is 0 Å². The summed E-state index contributed by atoms with van der Waals surface area (Å²) in [5, 5.41) is 24.0. The van der Waals surface area contributed by atoms with E-state index in [4.69, 9.17) is 14.2 Å². The van der Waals surface area contributed by atoms with Gasteiger partial charge in [-0.25, -0.2) is 0 Å². The summed E-state index contributed by atoms with van der Waals surface area (Å²) in [7, 11) is 6.32. The molecule has 3 heterocycles. The summed E-state index contributed by atoms with van der Waals surface area (Å²) < 4.78 is 19.7. The second-order valence-corrected chi connectivity index (χ2v) is 23.1. The van der Waals surface area contributed by atoms with E-state index in [1.165, 1.54) is 0 Å². The molecule has 2 N–H and O–H groups in total. The van der Waals surface area contributed by atoms with E-state index in [-0.39, 0.29) is 51.5 Å². The number of ether oxygens (including phenoxy) is 3. The molecule has 0 saturated carbocycles. The van der Waals surface area contributed by atoms with Crippen LogP contribution in [-0.2, 0) is 35.6 Å². The Labute approximate surface area is 346 Å². The van der Waals surface area contributed by atoms with Crippen LogP contribution in [0.4, 0.5) is 0 Å². The van der Waals surface area contributed by atoms with Crippen molar-refractivity contribution in [1.29, 1.82) is 0 Å². The van der Waals surface area contributed by atoms with E-state index < -0.39 is 47.7 Å². The molecule has 3 aliphatic rings. The smallest absolute Gasteiger partial charge is 0.318 e. The molecule has 0 aliphatic carbocycles. The first-order valence-corrected chi connectivity index (χ1v) is 21.4. The second kappa shape index (κ2) is 15.7. The maximum absolute atomic E-state index is 15.4. The second-order valence-electron chi connectivity index (χ2n) is 23.1. The van der Waals surface area contributed by atoms with Crippen molar-refractivity contribution >= 4 is 11.9 Å². The number of aliphatic hydroxyl groups excluding tert-OH is 1. The highest BCUT2D eigenvalue weighted by molar-refractivity contribution is 5.84. The number of rotatable bonds is 10. The van der Waals surface area contributed by atoms with Gasteiger partial charge in [0.15, 0.2) is 6.29 Å². The third-order valence-electron chi connectivity index (χ3n) is 14.7. The number of hydrogen-bond donors (Lipinski definition) is 2. The van der Waals surface area contributed by atoms with Crippen molar-refractivity contribution < 1.29 is 34.0 Å². The molecule has 0 radical (unpaired) electrons. The maximum Gasteiger partial charge on any atom is 0.318 e. The highest BCUT2D eigenvalue weighted by Gasteiger charge is 2.55. The van der Waals surface area contributed by atoms with Gasteiger partial charge in [-0.15, -0.1) is 0 Å². The summed E-state index contributed by atoms with van der Waals surface area (Å²) in [6.07, 6.45) is 0.173. The minimum atomic E-state index is -1.87. The Balaban J connectivity index is 1.87. The monoisotopic (exact) mass is 800 g/mol. The lowest BCUT2D eigenvalue weighted by atomic mass is 9.74. The van der Waals surface area contributed by atoms with Gasteiger partial charge in [-0.1, -0.05) is 32.9 Å². The van der Waals surface area contributed by atoms with Gasteiger partial charge in [0.1, 0.15) is 23.4 Å². The molecule has 3 saturated heterocycles. The molecule has 4 rings (SSSR count). The summed E-state index contributed by atoms with van der Waals surface area (Å²) in [5.74, 6) is -1.06. The predicted octanol–water partition coefficient (Wildman–Crippen LogP) is 8.29. The number of phenolic OH excluding ortho intramolecular Hbond substituents is 1. The number of carbonyl (C=O) groups excluding carboxylic acids is 2. The maximum atomic E-state index is 15.4. The standard InChI is InChI=1S/C47H81N3O7/c1-30-20-31(21-35(37(30)52)40(2,3)4)22-47(38(53)56-33-25-43(9,10)49(18)44(11,12)26-33,39(54)57-34-27-45(13,14)50(19)46(15,16)28-34)29-36(51)55-32-23-41(5,6)48(17)42(7,8)24-32/h20-21,32-34,38,52-53H,22-29H2,1-19H3. The minimum absolute atomic E-state index is 0.0600. The fraction of sp³-hybridized carbons (Fsp3) is 0.830. The summed E-state index contributed by atoms with van der Waals surface area (Å²) >= 11 is 0. The summed E-state index contributed by atoms with van der Waals surface area (Å²) in [6, 6.07) is 3.74. The van der Waals surface area contributed by atoms with E-state index in [0.29, 0.717) is 55.2 Å². The lowest BCUT2D eigenvalue weighted by Crippen LogP contribution is -2.62. The van der Waals surface area contributed by atoms with Crippen LogP contribution in [0, 0.1) is 12.3 Å². The fourth-order valence-corrected chi connectivity index (χ4v) is 10.5. The molecule has 0 amide bonds. The number of piperidine rings is 3. The molecule has 0 bridgehead atoms. The highest BCUT2D eigenvalue weighted by Crippen LogP contribution is 2.46. The van der Waals surface area contributed by atoms with Crippen molar-refractivity contribution in [2.45, 2.75) is 225 Å². The Morgan fingerprint density at radius 2 is 1.05 bits per heavy atom. The number of aliphatic hydroxyl groups is 1. The average Bonchev–Trinajstić information content (AvgIpc) is 3.01. The number of nitrogens with zero attached hydrogens (tertiary/aromatic N) is 3. The zero-order valence-corrected chi connectivity index (χ0v) is 39.4. The van der Waals surface area contributed by atoms with Gasteiger partial charge in [0.2, 0.25) is 0 Å². The van der Waals surface area contributed by atoms with Gasteiger partial charge in [-0.05, 0) is 153 Å². The van der Waals surface area contributed by atoms with Crippen molar-refractivity contribution in [2.24, 2.45) is 5.41 Å². The topological polar surface area (TPSA) is 112 Å². The molecule has 0 aromatic heterocycles. The van der Waals surface area contributed by atoms with E-state index in [1.54, 1.807) is 0 Å². The van der Waals surface area contributed by atoms with Crippen LogP contribution in [0.1, 0.15) is 165 Å². The predicted molar refractivity (Wildman–Crippen MR) is 228 cm³/mol. The molecule has 10 heteroatoms. The number of aromatic hydroxyl groups is 1. The first-order chi connectivity index (χ1) is 25.6. The van der Waals surface area contributed by atoms with Gasteiger partial charge in [0.05, 0.1) is 12.5 Å². The molecule has 2 unspecified atom stereocenters. The molecular weight excluding hydrogens is 719 g/mol. The highest BCUT2D eigenvalue weighted by atomic mass is 16.6. The Bertz CT molecular complexity index is 1590. The zero-order chi connectivity index (χ0) is 43.7. The van der Waals surface area contributed by atoms with Crippen LogP contribution in [0.15, 0.2) is 12.1 Å². The lowest BCUT2D eigenvalue weighted by molar-refractivity contribution is -0.240. The van der Waals surface area contributed by atoms with Crippen molar-refractivity contribution in [3.05, 3.63) is 28.8 Å². The summed E-state index contributed by atoms with van der Waals surface area (Å²) in [4.78, 5) is 37.0. The van der Waals surface area contributed by atoms with Crippen molar-refractivity contribution in [1.82, 2.24) is 14.7 Å². The minimum Gasteiger partial charge on any atom is -0.507 e. The Morgan fingerprint density at radius 1 is 0.684 bits per heavy atom. The first kappa shape index (κ1) is 47.4. The van der Waals surface area contributed by atoms with Gasteiger partial charge in [0.25, 0.3) is 0 Å². The normalized spacial score (nSPS) is 26.0. The van der Waals surface area contributed by atoms with Crippen LogP contribution < -0.4 is 0 Å². The van der Waals surface area contributed by atoms with E-state index in [9.17, 15) is 15.0 Å². The number of phenols is 1. The van der Waals surface area contributed by atoms with E-state index in [0.717, 1.165) is 0 Å². The number of aryl methyl sites for hydroxylation is 1. The van der Waals surface area contributed by atoms with Crippen LogP contribution in [0.25, 0.3) is 0 Å². The van der Waals surface area contributed by atoms with Crippen molar-refractivity contribution in [3.8, 4) is 5.75 Å². The van der Waals surface area contributed by atoms with Gasteiger partial charge >= 0.3 is 11.9 Å². The molecule has 1 aromatic rings. The zero-order valence-electron chi connectivity index (χ0n) is 39.4. The molecule has 326 valence electrons. The molecule has 3 aliphatic heterocycles. The van der Waals surface area contributed by atoms with Gasteiger partial charge in [-0.3, -0.25) is 24.3 Å². The van der Waals surface area contributed by atoms with Crippen molar-refractivity contribution in [2.75, 3.05) is 21.1 Å². The van der Waals surface area contributed by atoms with E-state index >= 15 is 4.79 Å². The van der Waals surface area contributed by atoms with E-state index in [1.807, 2.05) is 39.8 Å². The van der Waals surface area contributed by atoms with Crippen molar-refractivity contribution in [3.63, 3.8) is 0 Å². The Morgan fingerprint density at radius 3 is 1.44 bits per heavy atom. The molecule has 0 spiro atoms. The fourth-order valence-electron chi connectivity index (χ4n) is 10.5. The molecule has 57 heavy (non-hydrogen) atoms. The number of esters is 2. The Hall–Kier alpha value is -2.24. The lowest BCUT2D eigenvalue weighted by Gasteiger charge is -2.54. The number of benzene rings is 1. The Kier molecular flexibility index (Phi) is 13.0. The van der Waals surface area contributed by atoms with Crippen LogP contribution in [0.5, 0.6) is 5.75 Å². The molecule has 10 nitrogen and oxygen atoms in total. The van der Waals surface area contributed by atoms with Gasteiger partial charge < -0.3 is 24.4 Å². The summed E-state index contributed by atoms with van der Waals surface area (Å²) in [6.45, 7) is 33.8. The first-order valence-electron chi connectivity index (χ1n) is 21.4. The van der Waals surface area contributed by atoms with E-state index in [2.05, 4.69) is 119 Å². The average molecular weight is 800 g/mol. The number of likely N-dealkylation sites (tertiary alicyclic amines) is 3. The third kappa shape index (κ3) is 10.0. The molecule has 3 fully saturated rings. The molecular formula is C47H81N3O7. The largest absolute Gasteiger partial charge is 0.507 e. The summed E-state index contributed by atoms with van der Waals surface area (Å²) in [5.41, 5.74) is -1.80. The quantitative estimate of drug-likeness (QED) is 0.177. The van der Waals surface area contributed by atoms with Crippen LogP contribution in [0.2, 0.25) is 0 Å². The van der Waals surface area contributed by atoms with Gasteiger partial charge in [-0.2, -0.15) is 0 Å². The third-order valence-corrected chi connectivity index (χ3v) is 14.7. The number of hydrogen-bond acceptors (Lipinski definition) is 10. The van der Waals surface area contributed by atoms with Gasteiger partial charge in [0, 0.05) is 58.9 Å². The molecule has 1 aromatic carbocycles. The molecule has 2 atom stereocenters. The number of carbonyl (C=O) groups is 2. The van der Waals surface area contributed by atoms with Crippen LogP contribution in [0.3, 0.4) is 0 Å². The SMILES string of the molecule is Cc1cc(CC(CC(=O)OC2CC(C)(C)N(C)C(C)(C)C2)(C(=O)OC2CC(C)(C)N(C)C(C)(C)C2)C(O)OC2CC(C)(C)N(C)C(C)(C)C2)cc(C(C)(C)C)c1O.